The average molecular weight is 339 g/mol. The molecular weight excluding hydrogens is 314 g/mol. The highest BCUT2D eigenvalue weighted by molar-refractivity contribution is 5.93. The lowest BCUT2D eigenvalue weighted by Crippen LogP contribution is -2.27. The van der Waals surface area contributed by atoms with Gasteiger partial charge in [0, 0.05) is 24.5 Å². The van der Waals surface area contributed by atoms with Gasteiger partial charge in [-0.3, -0.25) is 9.48 Å². The maximum absolute atomic E-state index is 12.9. The molecule has 2 aliphatic rings. The van der Waals surface area contributed by atoms with E-state index in [1.165, 1.54) is 17.5 Å². The van der Waals surface area contributed by atoms with Crippen molar-refractivity contribution >= 4 is 11.6 Å². The van der Waals surface area contributed by atoms with E-state index < -0.39 is 0 Å². The Bertz CT molecular complexity index is 781. The van der Waals surface area contributed by atoms with Crippen LogP contribution in [0.4, 0.5) is 5.69 Å². The molecule has 1 aromatic heterocycles. The Morgan fingerprint density at radius 2 is 2.12 bits per heavy atom. The zero-order valence-electron chi connectivity index (χ0n) is 14.9. The number of amides is 1. The van der Waals surface area contributed by atoms with Crippen molar-refractivity contribution in [3.05, 3.63) is 47.3 Å². The Labute approximate surface area is 148 Å². The Balaban J connectivity index is 1.52. The second-order valence-corrected chi connectivity index (χ2v) is 7.31. The second kappa shape index (κ2) is 6.64. The summed E-state index contributed by atoms with van der Waals surface area (Å²) in [6, 6.07) is 8.50. The van der Waals surface area contributed by atoms with E-state index in [4.69, 9.17) is 4.74 Å². The van der Waals surface area contributed by atoms with Crippen LogP contribution in [0.25, 0.3) is 0 Å². The molecule has 1 amide bonds. The molecule has 4 rings (SSSR count). The topological polar surface area (TPSA) is 56.2 Å². The lowest BCUT2D eigenvalue weighted by molar-refractivity contribution is -0.121. The van der Waals surface area contributed by atoms with Gasteiger partial charge in [0.15, 0.2) is 0 Å². The number of hydrogen-bond acceptors (Lipinski definition) is 3. The van der Waals surface area contributed by atoms with Crippen molar-refractivity contribution in [2.45, 2.75) is 51.7 Å². The van der Waals surface area contributed by atoms with Gasteiger partial charge in [-0.25, -0.2) is 0 Å². The van der Waals surface area contributed by atoms with Gasteiger partial charge in [-0.05, 0) is 68.9 Å². The number of aryl methyl sites for hydroxylation is 2. The Kier molecular flexibility index (Phi) is 4.34. The molecule has 1 saturated heterocycles. The third kappa shape index (κ3) is 3.09. The molecule has 2 aromatic rings. The molecule has 132 valence electrons. The first-order valence-corrected chi connectivity index (χ1v) is 9.21. The van der Waals surface area contributed by atoms with Gasteiger partial charge in [-0.1, -0.05) is 6.07 Å². The number of benzene rings is 1. The Morgan fingerprint density at radius 1 is 1.28 bits per heavy atom. The Hall–Kier alpha value is -2.14. The van der Waals surface area contributed by atoms with Crippen molar-refractivity contribution in [3.63, 3.8) is 0 Å². The van der Waals surface area contributed by atoms with Crippen molar-refractivity contribution in [3.8, 4) is 0 Å². The largest absolute Gasteiger partial charge is 0.371 e. The monoisotopic (exact) mass is 339 g/mol. The summed E-state index contributed by atoms with van der Waals surface area (Å²) < 4.78 is 7.86. The fourth-order valence-electron chi connectivity index (χ4n) is 4.02. The summed E-state index contributed by atoms with van der Waals surface area (Å²) in [7, 11) is 0. The molecule has 25 heavy (non-hydrogen) atoms. The lowest BCUT2D eigenvalue weighted by atomic mass is 9.97. The summed E-state index contributed by atoms with van der Waals surface area (Å²) in [4.78, 5) is 12.9. The zero-order chi connectivity index (χ0) is 17.4. The quantitative estimate of drug-likeness (QED) is 0.925. The first-order valence-electron chi connectivity index (χ1n) is 9.21. The molecule has 0 radical (unpaired) electrons. The maximum Gasteiger partial charge on any atom is 0.230 e. The lowest BCUT2D eigenvalue weighted by Gasteiger charge is -2.21. The number of ether oxygens (including phenoxy) is 1. The standard InChI is InChI=1S/C20H25N3O2/c1-13(2)23-18(8-10-21-23)19-17(9-11-25-19)20(24)22-16-7-6-14-4-3-5-15(14)12-16/h6-8,10,12-13,17,19H,3-5,9,11H2,1-2H3,(H,22,24)/t17-,19-/m0/s1. The van der Waals surface area contributed by atoms with Crippen molar-refractivity contribution in [2.24, 2.45) is 5.92 Å². The highest BCUT2D eigenvalue weighted by Crippen LogP contribution is 2.36. The van der Waals surface area contributed by atoms with E-state index >= 15 is 0 Å². The first kappa shape index (κ1) is 16.3. The van der Waals surface area contributed by atoms with Gasteiger partial charge < -0.3 is 10.1 Å². The minimum absolute atomic E-state index is 0.0388. The third-order valence-electron chi connectivity index (χ3n) is 5.28. The summed E-state index contributed by atoms with van der Waals surface area (Å²) in [6.07, 6.45) is 5.78. The molecule has 1 fully saturated rings. The van der Waals surface area contributed by atoms with Gasteiger partial charge in [-0.15, -0.1) is 0 Å². The van der Waals surface area contributed by atoms with Crippen molar-refractivity contribution in [2.75, 3.05) is 11.9 Å². The normalized spacial score (nSPS) is 22.4. The van der Waals surface area contributed by atoms with Gasteiger partial charge >= 0.3 is 0 Å². The SMILES string of the molecule is CC(C)n1nccc1[C@H]1OCC[C@@H]1C(=O)Nc1ccc2c(c1)CCC2. The highest BCUT2D eigenvalue weighted by Gasteiger charge is 2.37. The third-order valence-corrected chi connectivity index (χ3v) is 5.28. The molecule has 5 nitrogen and oxygen atoms in total. The summed E-state index contributed by atoms with van der Waals surface area (Å²) in [6.45, 7) is 4.78. The van der Waals surface area contributed by atoms with Crippen molar-refractivity contribution in [1.82, 2.24) is 9.78 Å². The van der Waals surface area contributed by atoms with E-state index in [1.54, 1.807) is 6.20 Å². The number of nitrogens with zero attached hydrogens (tertiary/aromatic N) is 2. The van der Waals surface area contributed by atoms with E-state index in [-0.39, 0.29) is 24.0 Å². The van der Waals surface area contributed by atoms with Gasteiger partial charge in [-0.2, -0.15) is 5.10 Å². The number of hydrogen-bond donors (Lipinski definition) is 1. The molecule has 5 heteroatoms. The van der Waals surface area contributed by atoms with Gasteiger partial charge in [0.05, 0.1) is 11.6 Å². The predicted octanol–water partition coefficient (Wildman–Crippen LogP) is 3.67. The molecule has 0 spiro atoms. The van der Waals surface area contributed by atoms with Crippen LogP contribution >= 0.6 is 0 Å². The number of nitrogens with one attached hydrogen (secondary N) is 1. The zero-order valence-corrected chi connectivity index (χ0v) is 14.9. The fourth-order valence-corrected chi connectivity index (χ4v) is 4.02. The second-order valence-electron chi connectivity index (χ2n) is 7.31. The van der Waals surface area contributed by atoms with E-state index in [9.17, 15) is 4.79 Å². The van der Waals surface area contributed by atoms with Crippen LogP contribution < -0.4 is 5.32 Å². The highest BCUT2D eigenvalue weighted by atomic mass is 16.5. The van der Waals surface area contributed by atoms with E-state index in [0.717, 1.165) is 30.6 Å². The van der Waals surface area contributed by atoms with Crippen molar-refractivity contribution < 1.29 is 9.53 Å². The summed E-state index contributed by atoms with van der Waals surface area (Å²) >= 11 is 0. The van der Waals surface area contributed by atoms with Crippen LogP contribution in [0.2, 0.25) is 0 Å². The summed E-state index contributed by atoms with van der Waals surface area (Å²) in [5.74, 6) is -0.139. The van der Waals surface area contributed by atoms with Crippen LogP contribution in [0.5, 0.6) is 0 Å². The number of carbonyl (C=O) groups excluding carboxylic acids is 1. The molecule has 0 unspecified atom stereocenters. The fraction of sp³-hybridized carbons (Fsp3) is 0.500. The van der Waals surface area contributed by atoms with Crippen LogP contribution in [-0.2, 0) is 22.4 Å². The van der Waals surface area contributed by atoms with Crippen LogP contribution in [0.1, 0.15) is 55.7 Å². The molecule has 1 aliphatic carbocycles. The number of rotatable bonds is 4. The van der Waals surface area contributed by atoms with Gasteiger partial charge in [0.25, 0.3) is 0 Å². The van der Waals surface area contributed by atoms with E-state index in [0.29, 0.717) is 6.61 Å². The summed E-state index contributed by atoms with van der Waals surface area (Å²) in [5, 5.41) is 7.49. The average Bonchev–Trinajstić information content (AvgIpc) is 3.32. The van der Waals surface area contributed by atoms with Crippen LogP contribution in [0.3, 0.4) is 0 Å². The van der Waals surface area contributed by atoms with Crippen LogP contribution in [-0.4, -0.2) is 22.3 Å². The molecule has 0 bridgehead atoms. The molecule has 1 aromatic carbocycles. The molecule has 1 aliphatic heterocycles. The molecular formula is C20H25N3O2. The predicted molar refractivity (Wildman–Crippen MR) is 96.5 cm³/mol. The minimum Gasteiger partial charge on any atom is -0.371 e. The first-order chi connectivity index (χ1) is 12.1. The van der Waals surface area contributed by atoms with Crippen molar-refractivity contribution in [1.29, 1.82) is 0 Å². The van der Waals surface area contributed by atoms with E-state index in [2.05, 4.69) is 36.4 Å². The number of aromatic nitrogens is 2. The van der Waals surface area contributed by atoms with Crippen LogP contribution in [0.15, 0.2) is 30.5 Å². The summed E-state index contributed by atoms with van der Waals surface area (Å²) in [5.41, 5.74) is 4.67. The van der Waals surface area contributed by atoms with Gasteiger partial charge in [0.1, 0.15) is 6.10 Å². The number of fused-ring (bicyclic) bond motifs is 1. The molecule has 0 saturated carbocycles. The number of anilines is 1. The molecule has 2 atom stereocenters. The maximum atomic E-state index is 12.9. The minimum atomic E-state index is -0.223. The van der Waals surface area contributed by atoms with Crippen LogP contribution in [0, 0.1) is 5.92 Å². The van der Waals surface area contributed by atoms with E-state index in [1.807, 2.05) is 16.8 Å². The smallest absolute Gasteiger partial charge is 0.230 e. The number of carbonyl (C=O) groups is 1. The Morgan fingerprint density at radius 3 is 2.96 bits per heavy atom. The molecule has 1 N–H and O–H groups in total. The molecule has 2 heterocycles. The van der Waals surface area contributed by atoms with Gasteiger partial charge in [0.2, 0.25) is 5.91 Å².